The third-order valence-electron chi connectivity index (χ3n) is 3.35. The molecule has 0 spiro atoms. The predicted octanol–water partition coefficient (Wildman–Crippen LogP) is 2.63. The molecule has 0 saturated heterocycles. The maximum absolute atomic E-state index is 4.81. The summed E-state index contributed by atoms with van der Waals surface area (Å²) in [5.74, 6) is 1.61. The molecule has 1 N–H and O–H groups in total. The summed E-state index contributed by atoms with van der Waals surface area (Å²) in [6.07, 6.45) is 1.10. The maximum atomic E-state index is 4.81. The van der Waals surface area contributed by atoms with E-state index in [1.54, 1.807) is 0 Å². The predicted molar refractivity (Wildman–Crippen MR) is 82.7 cm³/mol. The summed E-state index contributed by atoms with van der Waals surface area (Å²) < 4.78 is 0. The van der Waals surface area contributed by atoms with Crippen molar-refractivity contribution < 1.29 is 0 Å². The van der Waals surface area contributed by atoms with Crippen LogP contribution in [0.5, 0.6) is 0 Å². The minimum absolute atomic E-state index is 0. The monoisotopic (exact) mass is 291 g/mol. The molecule has 3 nitrogen and oxygen atoms in total. The first-order valence-corrected chi connectivity index (χ1v) is 6.14. The molecule has 18 heavy (non-hydrogen) atoms. The molecule has 0 saturated carbocycles. The molecule has 1 aliphatic rings. The Morgan fingerprint density at radius 1 is 1.39 bits per heavy atom. The molecule has 104 valence electrons. The zero-order valence-electron chi connectivity index (χ0n) is 11.3. The highest BCUT2D eigenvalue weighted by Gasteiger charge is 2.16. The van der Waals surface area contributed by atoms with E-state index in [1.165, 1.54) is 11.3 Å². The van der Waals surface area contributed by atoms with Gasteiger partial charge in [-0.3, -0.25) is 0 Å². The fourth-order valence-corrected chi connectivity index (χ4v) is 2.14. The first-order valence-electron chi connectivity index (χ1n) is 6.14. The summed E-state index contributed by atoms with van der Waals surface area (Å²) in [7, 11) is 2.09. The molecule has 0 unspecified atom stereocenters. The number of pyridine rings is 1. The number of hydrogen-bond donors (Lipinski definition) is 1. The van der Waals surface area contributed by atoms with Crippen molar-refractivity contribution in [1.82, 2.24) is 10.3 Å². The number of rotatable bonds is 2. The molecular formula is C13H23Cl2N3. The standard InChI is InChI=1S/C13H21N3.2ClH/c1-4-16(3)12-6-5-11-7-8-14-9-10(2)13(11)15-12;;/h5-6,10,14H,4,7-9H2,1-3H3;2*1H/t10-;;/m0../s1. The Hall–Kier alpha value is -0.510. The number of hydrogen-bond acceptors (Lipinski definition) is 3. The van der Waals surface area contributed by atoms with Crippen LogP contribution in [0.25, 0.3) is 0 Å². The number of nitrogens with zero attached hydrogens (tertiary/aromatic N) is 2. The zero-order chi connectivity index (χ0) is 11.5. The van der Waals surface area contributed by atoms with E-state index in [9.17, 15) is 0 Å². The summed E-state index contributed by atoms with van der Waals surface area (Å²) in [6.45, 7) is 7.51. The van der Waals surface area contributed by atoms with E-state index in [0.717, 1.165) is 31.9 Å². The van der Waals surface area contributed by atoms with Crippen molar-refractivity contribution in [2.24, 2.45) is 0 Å². The Labute approximate surface area is 122 Å². The lowest BCUT2D eigenvalue weighted by Gasteiger charge is -2.19. The van der Waals surface area contributed by atoms with Gasteiger partial charge in [-0.2, -0.15) is 0 Å². The van der Waals surface area contributed by atoms with Crippen molar-refractivity contribution in [3.05, 3.63) is 23.4 Å². The molecule has 2 rings (SSSR count). The van der Waals surface area contributed by atoms with Gasteiger partial charge in [-0.25, -0.2) is 4.98 Å². The van der Waals surface area contributed by atoms with Crippen LogP contribution >= 0.6 is 24.8 Å². The van der Waals surface area contributed by atoms with Gasteiger partial charge in [-0.15, -0.1) is 24.8 Å². The van der Waals surface area contributed by atoms with Gasteiger partial charge in [0.1, 0.15) is 5.82 Å². The van der Waals surface area contributed by atoms with Crippen LogP contribution in [0.3, 0.4) is 0 Å². The SMILES string of the molecule is CCN(C)c1ccc2c(n1)[C@@H](C)CNCC2.Cl.Cl. The number of aromatic nitrogens is 1. The molecule has 0 bridgehead atoms. The minimum Gasteiger partial charge on any atom is -0.360 e. The molecule has 1 atom stereocenters. The molecule has 2 heterocycles. The van der Waals surface area contributed by atoms with E-state index in [-0.39, 0.29) is 24.8 Å². The Balaban J connectivity index is 0.00000144. The molecule has 0 amide bonds. The molecule has 1 aliphatic heterocycles. The summed E-state index contributed by atoms with van der Waals surface area (Å²) >= 11 is 0. The molecule has 0 aromatic carbocycles. The molecule has 0 radical (unpaired) electrons. The van der Waals surface area contributed by atoms with Crippen LogP contribution < -0.4 is 10.2 Å². The van der Waals surface area contributed by atoms with Crippen molar-refractivity contribution in [3.8, 4) is 0 Å². The Kier molecular flexibility index (Phi) is 7.60. The fraction of sp³-hybridized carbons (Fsp3) is 0.615. The van der Waals surface area contributed by atoms with Crippen LogP contribution in [0.4, 0.5) is 5.82 Å². The number of fused-ring (bicyclic) bond motifs is 1. The quantitative estimate of drug-likeness (QED) is 0.908. The lowest BCUT2D eigenvalue weighted by atomic mass is 10.0. The van der Waals surface area contributed by atoms with Crippen LogP contribution in [0.2, 0.25) is 0 Å². The fourth-order valence-electron chi connectivity index (χ4n) is 2.14. The van der Waals surface area contributed by atoms with Crippen molar-refractivity contribution in [2.75, 3.05) is 31.6 Å². The van der Waals surface area contributed by atoms with Crippen LogP contribution in [0, 0.1) is 0 Å². The van der Waals surface area contributed by atoms with E-state index in [1.807, 2.05) is 0 Å². The highest BCUT2D eigenvalue weighted by atomic mass is 35.5. The molecule has 0 aliphatic carbocycles. The molecule has 1 aromatic heterocycles. The van der Waals surface area contributed by atoms with Gasteiger partial charge in [0, 0.05) is 26.1 Å². The minimum atomic E-state index is 0. The Bertz CT molecular complexity index is 371. The molecular weight excluding hydrogens is 269 g/mol. The first-order chi connectivity index (χ1) is 7.72. The average Bonchev–Trinajstić information content (AvgIpc) is 2.50. The lowest BCUT2D eigenvalue weighted by Crippen LogP contribution is -2.20. The van der Waals surface area contributed by atoms with E-state index in [0.29, 0.717) is 5.92 Å². The second-order valence-electron chi connectivity index (χ2n) is 4.58. The largest absolute Gasteiger partial charge is 0.360 e. The van der Waals surface area contributed by atoms with Gasteiger partial charge in [0.15, 0.2) is 0 Å². The highest BCUT2D eigenvalue weighted by Crippen LogP contribution is 2.23. The summed E-state index contributed by atoms with van der Waals surface area (Å²) in [6, 6.07) is 4.38. The number of anilines is 1. The highest BCUT2D eigenvalue weighted by molar-refractivity contribution is 5.85. The molecule has 0 fully saturated rings. The maximum Gasteiger partial charge on any atom is 0.128 e. The van der Waals surface area contributed by atoms with Crippen molar-refractivity contribution in [1.29, 1.82) is 0 Å². The molecule has 5 heteroatoms. The van der Waals surface area contributed by atoms with E-state index in [2.05, 4.69) is 43.2 Å². The van der Waals surface area contributed by atoms with Gasteiger partial charge in [0.2, 0.25) is 0 Å². The summed E-state index contributed by atoms with van der Waals surface area (Å²) in [4.78, 5) is 7.00. The van der Waals surface area contributed by atoms with Gasteiger partial charge in [-0.1, -0.05) is 13.0 Å². The van der Waals surface area contributed by atoms with Crippen molar-refractivity contribution in [3.63, 3.8) is 0 Å². The van der Waals surface area contributed by atoms with E-state index < -0.39 is 0 Å². The van der Waals surface area contributed by atoms with E-state index in [4.69, 9.17) is 4.98 Å². The average molecular weight is 292 g/mol. The second-order valence-corrected chi connectivity index (χ2v) is 4.58. The topological polar surface area (TPSA) is 28.2 Å². The summed E-state index contributed by atoms with van der Waals surface area (Å²) in [5, 5.41) is 3.45. The Morgan fingerprint density at radius 3 is 2.78 bits per heavy atom. The second kappa shape index (κ2) is 7.82. The third-order valence-corrected chi connectivity index (χ3v) is 3.35. The first kappa shape index (κ1) is 17.5. The van der Waals surface area contributed by atoms with Crippen LogP contribution in [-0.2, 0) is 6.42 Å². The smallest absolute Gasteiger partial charge is 0.128 e. The normalized spacial score (nSPS) is 17.8. The number of nitrogens with one attached hydrogen (secondary N) is 1. The van der Waals surface area contributed by atoms with E-state index >= 15 is 0 Å². The van der Waals surface area contributed by atoms with Gasteiger partial charge in [0.25, 0.3) is 0 Å². The Morgan fingerprint density at radius 2 is 2.11 bits per heavy atom. The van der Waals surface area contributed by atoms with Crippen molar-refractivity contribution >= 4 is 30.6 Å². The lowest BCUT2D eigenvalue weighted by molar-refractivity contribution is 0.635. The zero-order valence-corrected chi connectivity index (χ0v) is 12.9. The third kappa shape index (κ3) is 3.74. The van der Waals surface area contributed by atoms with Gasteiger partial charge in [0.05, 0.1) is 5.69 Å². The van der Waals surface area contributed by atoms with Gasteiger partial charge >= 0.3 is 0 Å². The van der Waals surface area contributed by atoms with Crippen LogP contribution in [-0.4, -0.2) is 31.7 Å². The van der Waals surface area contributed by atoms with Crippen molar-refractivity contribution in [2.45, 2.75) is 26.2 Å². The van der Waals surface area contributed by atoms with Gasteiger partial charge in [-0.05, 0) is 31.5 Å². The summed E-state index contributed by atoms with van der Waals surface area (Å²) in [5.41, 5.74) is 2.69. The molecule has 1 aromatic rings. The van der Waals surface area contributed by atoms with Crippen LogP contribution in [0.15, 0.2) is 12.1 Å². The number of halogens is 2. The van der Waals surface area contributed by atoms with Crippen LogP contribution in [0.1, 0.15) is 31.0 Å². The van der Waals surface area contributed by atoms with Gasteiger partial charge < -0.3 is 10.2 Å².